The summed E-state index contributed by atoms with van der Waals surface area (Å²) in [6.07, 6.45) is 0. The van der Waals surface area contributed by atoms with Gasteiger partial charge in [0, 0.05) is 10.9 Å². The minimum atomic E-state index is -0.830. The van der Waals surface area contributed by atoms with Crippen LogP contribution in [-0.2, 0) is 9.53 Å². The molecule has 9 nitrogen and oxygen atoms in total. The zero-order chi connectivity index (χ0) is 23.4. The molecule has 4 rings (SSSR count). The summed E-state index contributed by atoms with van der Waals surface area (Å²) in [5.41, 5.74) is 3.11. The molecule has 1 atom stereocenters. The van der Waals surface area contributed by atoms with Crippen molar-refractivity contribution in [1.29, 1.82) is 0 Å². The molecule has 1 unspecified atom stereocenters. The van der Waals surface area contributed by atoms with Crippen molar-refractivity contribution in [2.75, 3.05) is 18.7 Å². The highest BCUT2D eigenvalue weighted by molar-refractivity contribution is 7.14. The number of hydrogen-bond acceptors (Lipinski definition) is 9. The second-order valence-corrected chi connectivity index (χ2v) is 7.86. The summed E-state index contributed by atoms with van der Waals surface area (Å²) in [7, 11) is 1.61. The topological polar surface area (TPSA) is 106 Å². The summed E-state index contributed by atoms with van der Waals surface area (Å²) < 4.78 is 10.1. The number of thiazole rings is 1. The summed E-state index contributed by atoms with van der Waals surface area (Å²) >= 11 is 1.32. The molecule has 0 saturated carbocycles. The first-order valence-corrected chi connectivity index (χ1v) is 11.0. The minimum absolute atomic E-state index is 0.305. The lowest BCUT2D eigenvalue weighted by atomic mass is 10.2. The van der Waals surface area contributed by atoms with Gasteiger partial charge in [0.2, 0.25) is 5.13 Å². The normalized spacial score (nSPS) is 15.7. The molecule has 1 aliphatic heterocycles. The number of rotatable bonds is 7. The van der Waals surface area contributed by atoms with Crippen LogP contribution in [0, 0.1) is 0 Å². The van der Waals surface area contributed by atoms with Gasteiger partial charge in [0.15, 0.2) is 6.04 Å². The van der Waals surface area contributed by atoms with Gasteiger partial charge < -0.3 is 9.47 Å². The number of esters is 1. The lowest BCUT2D eigenvalue weighted by Gasteiger charge is -2.08. The third-order valence-corrected chi connectivity index (χ3v) is 5.64. The third kappa shape index (κ3) is 4.80. The van der Waals surface area contributed by atoms with Crippen molar-refractivity contribution in [3.63, 3.8) is 0 Å². The Kier molecular flexibility index (Phi) is 6.55. The molecule has 0 N–H and O–H groups in total. The second-order valence-electron chi connectivity index (χ2n) is 7.02. The number of azo groups is 1. The summed E-state index contributed by atoms with van der Waals surface area (Å²) in [6.45, 7) is 3.78. The Morgan fingerprint density at radius 2 is 1.88 bits per heavy atom. The van der Waals surface area contributed by atoms with Gasteiger partial charge in [0.05, 0.1) is 36.4 Å². The Morgan fingerprint density at radius 3 is 2.55 bits per heavy atom. The molecule has 0 saturated heterocycles. The Balaban J connectivity index is 1.46. The van der Waals surface area contributed by atoms with Gasteiger partial charge >= 0.3 is 5.97 Å². The van der Waals surface area contributed by atoms with Crippen LogP contribution >= 0.6 is 11.3 Å². The van der Waals surface area contributed by atoms with E-state index in [1.165, 1.54) is 16.3 Å². The first kappa shape index (κ1) is 22.3. The fourth-order valence-corrected chi connectivity index (χ4v) is 3.87. The molecule has 2 aromatic carbocycles. The van der Waals surface area contributed by atoms with E-state index in [0.717, 1.165) is 17.0 Å². The fourth-order valence-electron chi connectivity index (χ4n) is 3.09. The highest BCUT2D eigenvalue weighted by atomic mass is 32.1. The van der Waals surface area contributed by atoms with Gasteiger partial charge in [-0.15, -0.1) is 11.3 Å². The smallest absolute Gasteiger partial charge is 0.338 e. The zero-order valence-electron chi connectivity index (χ0n) is 18.3. The van der Waals surface area contributed by atoms with E-state index < -0.39 is 12.0 Å². The first-order valence-electron chi connectivity index (χ1n) is 10.2. The van der Waals surface area contributed by atoms with Crippen LogP contribution in [0.3, 0.4) is 0 Å². The van der Waals surface area contributed by atoms with Crippen LogP contribution in [-0.4, -0.2) is 42.3 Å². The van der Waals surface area contributed by atoms with Gasteiger partial charge in [0.25, 0.3) is 5.91 Å². The summed E-state index contributed by atoms with van der Waals surface area (Å²) in [5, 5.41) is 16.3. The predicted octanol–water partition coefficient (Wildman–Crippen LogP) is 4.87. The number of hydrazone groups is 1. The Bertz CT molecular complexity index is 1220. The van der Waals surface area contributed by atoms with Gasteiger partial charge in [-0.2, -0.15) is 20.3 Å². The summed E-state index contributed by atoms with van der Waals surface area (Å²) in [5.74, 6) is 0.0333. The van der Waals surface area contributed by atoms with E-state index in [9.17, 15) is 9.59 Å². The molecule has 1 amide bonds. The number of hydrogen-bond donors (Lipinski definition) is 0. The van der Waals surface area contributed by atoms with Gasteiger partial charge in [0.1, 0.15) is 5.75 Å². The monoisotopic (exact) mass is 463 g/mol. The maximum absolute atomic E-state index is 12.9. The molecule has 0 bridgehead atoms. The largest absolute Gasteiger partial charge is 0.497 e. The molecular weight excluding hydrogens is 442 g/mol. The van der Waals surface area contributed by atoms with Crippen molar-refractivity contribution in [1.82, 2.24) is 4.98 Å². The highest BCUT2D eigenvalue weighted by Crippen LogP contribution is 2.31. The van der Waals surface area contributed by atoms with Crippen LogP contribution in [0.2, 0.25) is 0 Å². The third-order valence-electron chi connectivity index (χ3n) is 4.82. The SMILES string of the molecule is CCOC(=O)c1ccc(N=NC2C(=O)N(c3nc(-c4ccc(OC)cc4)cs3)N=C2C)cc1. The van der Waals surface area contributed by atoms with Crippen molar-refractivity contribution >= 4 is 39.7 Å². The number of amides is 1. The number of methoxy groups -OCH3 is 1. The Labute approximate surface area is 194 Å². The van der Waals surface area contributed by atoms with E-state index in [-0.39, 0.29) is 5.91 Å². The molecule has 0 fully saturated rings. The molecular formula is C23H21N5O4S. The van der Waals surface area contributed by atoms with E-state index >= 15 is 0 Å². The van der Waals surface area contributed by atoms with Gasteiger partial charge in [-0.25, -0.2) is 9.78 Å². The highest BCUT2D eigenvalue weighted by Gasteiger charge is 2.36. The molecule has 0 radical (unpaired) electrons. The van der Waals surface area contributed by atoms with Gasteiger partial charge in [-0.05, 0) is 62.4 Å². The maximum atomic E-state index is 12.9. The average Bonchev–Trinajstić information content (AvgIpc) is 3.43. The molecule has 2 heterocycles. The van der Waals surface area contributed by atoms with Crippen LogP contribution in [0.5, 0.6) is 5.75 Å². The van der Waals surface area contributed by atoms with Crippen LogP contribution in [0.1, 0.15) is 24.2 Å². The van der Waals surface area contributed by atoms with Crippen LogP contribution < -0.4 is 9.75 Å². The van der Waals surface area contributed by atoms with Crippen molar-refractivity contribution in [2.45, 2.75) is 19.9 Å². The average molecular weight is 464 g/mol. The number of benzene rings is 2. The van der Waals surface area contributed by atoms with Crippen LogP contribution in [0.4, 0.5) is 10.8 Å². The molecule has 1 aliphatic rings. The number of nitrogens with zero attached hydrogens (tertiary/aromatic N) is 5. The second kappa shape index (κ2) is 9.70. The lowest BCUT2D eigenvalue weighted by molar-refractivity contribution is -0.117. The maximum Gasteiger partial charge on any atom is 0.338 e. The summed E-state index contributed by atoms with van der Waals surface area (Å²) in [4.78, 5) is 29.2. The zero-order valence-corrected chi connectivity index (χ0v) is 19.1. The van der Waals surface area contributed by atoms with Crippen molar-refractivity contribution in [2.24, 2.45) is 15.3 Å². The lowest BCUT2D eigenvalue weighted by Crippen LogP contribution is -2.29. The quantitative estimate of drug-likeness (QED) is 0.367. The molecule has 0 aliphatic carbocycles. The molecule has 3 aromatic rings. The molecule has 33 heavy (non-hydrogen) atoms. The predicted molar refractivity (Wildman–Crippen MR) is 125 cm³/mol. The van der Waals surface area contributed by atoms with Crippen molar-refractivity contribution in [3.05, 3.63) is 59.5 Å². The number of aromatic nitrogens is 1. The molecule has 0 spiro atoms. The van der Waals surface area contributed by atoms with Gasteiger partial charge in [-0.3, -0.25) is 4.79 Å². The van der Waals surface area contributed by atoms with E-state index in [0.29, 0.717) is 28.7 Å². The van der Waals surface area contributed by atoms with E-state index in [1.54, 1.807) is 45.2 Å². The Morgan fingerprint density at radius 1 is 1.15 bits per heavy atom. The standard InChI is InChI=1S/C23H21N5O4S/c1-4-32-22(30)16-5-9-17(10-6-16)25-26-20-14(2)27-28(21(20)29)23-24-19(13-33-23)15-7-11-18(31-3)12-8-15/h5-13,20H,4H2,1-3H3. The van der Waals surface area contributed by atoms with E-state index in [2.05, 4.69) is 20.3 Å². The first-order chi connectivity index (χ1) is 16.0. The number of carbonyl (C=O) groups excluding carboxylic acids is 2. The van der Waals surface area contributed by atoms with Gasteiger partial charge in [-0.1, -0.05) is 0 Å². The Hall–Kier alpha value is -3.92. The number of anilines is 1. The number of carbonyl (C=O) groups is 2. The summed E-state index contributed by atoms with van der Waals surface area (Å²) in [6, 6.07) is 13.2. The van der Waals surface area contributed by atoms with E-state index in [4.69, 9.17) is 9.47 Å². The molecule has 168 valence electrons. The van der Waals surface area contributed by atoms with Crippen molar-refractivity contribution in [3.8, 4) is 17.0 Å². The van der Waals surface area contributed by atoms with Crippen LogP contribution in [0.15, 0.2) is 69.2 Å². The molecule has 10 heteroatoms. The van der Waals surface area contributed by atoms with E-state index in [1.807, 2.05) is 29.6 Å². The number of ether oxygens (including phenoxy) is 2. The van der Waals surface area contributed by atoms with Crippen LogP contribution in [0.25, 0.3) is 11.3 Å². The minimum Gasteiger partial charge on any atom is -0.497 e. The fraction of sp³-hybridized carbons (Fsp3) is 0.217. The van der Waals surface area contributed by atoms with Crippen molar-refractivity contribution < 1.29 is 19.1 Å². The molecule has 1 aromatic heterocycles.